The summed E-state index contributed by atoms with van der Waals surface area (Å²) in [6.07, 6.45) is 3.42. The zero-order chi connectivity index (χ0) is 23.2. The number of aryl methyl sites for hydroxylation is 1. The van der Waals surface area contributed by atoms with Gasteiger partial charge in [-0.1, -0.05) is 24.6 Å². The van der Waals surface area contributed by atoms with Gasteiger partial charge in [0.2, 0.25) is 0 Å². The van der Waals surface area contributed by atoms with Gasteiger partial charge in [0.1, 0.15) is 18.2 Å². The molecule has 1 saturated carbocycles. The summed E-state index contributed by atoms with van der Waals surface area (Å²) in [5, 5.41) is 13.1. The number of aromatic nitrogens is 2. The highest BCUT2D eigenvalue weighted by Gasteiger charge is 2.41. The fourth-order valence-electron chi connectivity index (χ4n) is 4.47. The third-order valence-electron chi connectivity index (χ3n) is 6.72. The summed E-state index contributed by atoms with van der Waals surface area (Å²) in [5.41, 5.74) is 1.26. The highest BCUT2D eigenvalue weighted by atomic mass is 19.3. The third-order valence-corrected chi connectivity index (χ3v) is 6.72. The smallest absolute Gasteiger partial charge is 0.295 e. The lowest BCUT2D eigenvalue weighted by atomic mass is 9.70. The Bertz CT molecular complexity index is 1200. The first-order chi connectivity index (χ1) is 15.8. The minimum atomic E-state index is -3.29. The first-order valence-electron chi connectivity index (χ1n) is 11.2. The van der Waals surface area contributed by atoms with Crippen LogP contribution in [0.1, 0.15) is 49.2 Å². The second kappa shape index (κ2) is 8.09. The molecule has 2 aliphatic rings. The van der Waals surface area contributed by atoms with Crippen molar-refractivity contribution in [2.75, 3.05) is 25.1 Å². The number of nitrogens with zero attached hydrogens (tertiary/aromatic N) is 2. The van der Waals surface area contributed by atoms with Crippen LogP contribution in [0, 0.1) is 12.3 Å². The van der Waals surface area contributed by atoms with Crippen LogP contribution in [-0.2, 0) is 5.92 Å². The quantitative estimate of drug-likeness (QED) is 0.555. The summed E-state index contributed by atoms with van der Waals surface area (Å²) in [7, 11) is 0. The number of ether oxygens (including phenoxy) is 2. The fourth-order valence-corrected chi connectivity index (χ4v) is 4.47. The zero-order valence-corrected chi connectivity index (χ0v) is 18.7. The molecule has 0 saturated heterocycles. The zero-order valence-electron chi connectivity index (χ0n) is 18.7. The van der Waals surface area contributed by atoms with Crippen LogP contribution in [0.15, 0.2) is 36.4 Å². The van der Waals surface area contributed by atoms with E-state index >= 15 is 0 Å². The maximum absolute atomic E-state index is 14.0. The van der Waals surface area contributed by atoms with E-state index in [4.69, 9.17) is 14.6 Å². The Morgan fingerprint density at radius 1 is 1.12 bits per heavy atom. The molecule has 0 unspecified atom stereocenters. The van der Waals surface area contributed by atoms with Gasteiger partial charge < -0.3 is 19.9 Å². The summed E-state index contributed by atoms with van der Waals surface area (Å²) < 4.78 is 40.2. The van der Waals surface area contributed by atoms with Crippen LogP contribution in [0.4, 0.5) is 14.6 Å². The van der Waals surface area contributed by atoms with Gasteiger partial charge in [-0.25, -0.2) is 9.97 Å². The third kappa shape index (κ3) is 4.08. The molecule has 174 valence electrons. The molecule has 1 aliphatic carbocycles. The second-order valence-corrected chi connectivity index (χ2v) is 9.22. The topological polar surface area (TPSA) is 76.5 Å². The first kappa shape index (κ1) is 21.8. The van der Waals surface area contributed by atoms with Crippen molar-refractivity contribution in [3.63, 3.8) is 0 Å². The number of hydrogen-bond donors (Lipinski definition) is 2. The van der Waals surface area contributed by atoms with E-state index in [0.29, 0.717) is 41.9 Å². The molecule has 2 heterocycles. The molecule has 2 N–H and O–H groups in total. The predicted octanol–water partition coefficient (Wildman–Crippen LogP) is 5.14. The number of aliphatic hydroxyl groups excluding tert-OH is 1. The fraction of sp³-hybridized carbons (Fsp3) is 0.440. The molecule has 0 radical (unpaired) electrons. The molecule has 1 atom stereocenters. The largest absolute Gasteiger partial charge is 0.489 e. The van der Waals surface area contributed by atoms with Crippen molar-refractivity contribution in [2.24, 2.45) is 5.41 Å². The monoisotopic (exact) mass is 455 g/mol. The molecular weight excluding hydrogens is 428 g/mol. The predicted molar refractivity (Wildman–Crippen MR) is 121 cm³/mol. The summed E-state index contributed by atoms with van der Waals surface area (Å²) in [6, 6.07) is 9.53. The normalized spacial score (nSPS) is 18.0. The number of nitrogens with one attached hydrogen (secondary N) is 1. The molecule has 0 bridgehead atoms. The highest BCUT2D eigenvalue weighted by Crippen LogP contribution is 2.46. The lowest BCUT2D eigenvalue weighted by Crippen LogP contribution is -2.39. The van der Waals surface area contributed by atoms with Crippen molar-refractivity contribution in [3.8, 4) is 11.5 Å². The molecule has 33 heavy (non-hydrogen) atoms. The Labute approximate surface area is 191 Å². The van der Waals surface area contributed by atoms with Gasteiger partial charge in [-0.3, -0.25) is 0 Å². The molecule has 3 aromatic rings. The Balaban J connectivity index is 1.47. The molecule has 6 nitrogen and oxygen atoms in total. The van der Waals surface area contributed by atoms with Crippen molar-refractivity contribution >= 4 is 16.7 Å². The summed E-state index contributed by atoms with van der Waals surface area (Å²) in [4.78, 5) is 9.15. The van der Waals surface area contributed by atoms with Crippen LogP contribution in [0.5, 0.6) is 11.5 Å². The van der Waals surface area contributed by atoms with Crippen molar-refractivity contribution in [1.29, 1.82) is 0 Å². The Kier molecular flexibility index (Phi) is 5.35. The van der Waals surface area contributed by atoms with Gasteiger partial charge in [-0.2, -0.15) is 8.78 Å². The summed E-state index contributed by atoms with van der Waals surface area (Å²) >= 11 is 0. The molecule has 2 aromatic carbocycles. The molecule has 1 aromatic heterocycles. The van der Waals surface area contributed by atoms with E-state index in [1.165, 1.54) is 18.6 Å². The average molecular weight is 456 g/mol. The van der Waals surface area contributed by atoms with Crippen LogP contribution < -0.4 is 14.8 Å². The van der Waals surface area contributed by atoms with Crippen molar-refractivity contribution in [1.82, 2.24) is 9.97 Å². The van der Waals surface area contributed by atoms with E-state index in [9.17, 15) is 8.78 Å². The van der Waals surface area contributed by atoms with Crippen LogP contribution in [0.2, 0.25) is 0 Å². The van der Waals surface area contributed by atoms with E-state index in [2.05, 4.69) is 15.3 Å². The van der Waals surface area contributed by atoms with E-state index in [-0.39, 0.29) is 17.0 Å². The number of anilines is 1. The molecule has 1 fully saturated rings. The number of benzene rings is 2. The SMILES string of the molecule is Cc1nc(N[C@H](C)c2cccc(C(F)(F)CO)c2)c2cc3c(cc2n1)OCC1(CCC1)CO3. The molecular formula is C25H27F2N3O3. The van der Waals surface area contributed by atoms with Gasteiger partial charge in [0.15, 0.2) is 11.5 Å². The molecule has 1 aliphatic heterocycles. The standard InChI is InChI=1S/C25H27F2N3O3/c1-15(17-5-3-6-18(9-17)25(26,27)12-31)28-23-19-10-21-22(11-20(19)29-16(2)30-23)33-14-24(13-32-21)7-4-8-24/h3,5-6,9-11,15,31H,4,7-8,12-14H2,1-2H3,(H,28,29,30)/t15-/m1/s1. The molecule has 0 amide bonds. The molecule has 8 heteroatoms. The van der Waals surface area contributed by atoms with Crippen molar-refractivity contribution in [2.45, 2.75) is 45.1 Å². The Morgan fingerprint density at radius 3 is 2.52 bits per heavy atom. The van der Waals surface area contributed by atoms with Crippen LogP contribution in [-0.4, -0.2) is 34.9 Å². The van der Waals surface area contributed by atoms with Crippen LogP contribution in [0.3, 0.4) is 0 Å². The Morgan fingerprint density at radius 2 is 1.85 bits per heavy atom. The van der Waals surface area contributed by atoms with Gasteiger partial charge in [0, 0.05) is 28.5 Å². The second-order valence-electron chi connectivity index (χ2n) is 9.22. The number of fused-ring (bicyclic) bond motifs is 2. The maximum Gasteiger partial charge on any atom is 0.295 e. The molecule has 1 spiro atoms. The van der Waals surface area contributed by atoms with Crippen LogP contribution in [0.25, 0.3) is 10.9 Å². The number of hydrogen-bond acceptors (Lipinski definition) is 6. The van der Waals surface area contributed by atoms with E-state index in [0.717, 1.165) is 23.7 Å². The van der Waals surface area contributed by atoms with Crippen molar-refractivity contribution in [3.05, 3.63) is 53.3 Å². The summed E-state index contributed by atoms with van der Waals surface area (Å²) in [6.45, 7) is 3.73. The van der Waals surface area contributed by atoms with Crippen LogP contribution >= 0.6 is 0 Å². The number of rotatable bonds is 5. The maximum atomic E-state index is 14.0. The number of halogens is 2. The van der Waals surface area contributed by atoms with E-state index < -0.39 is 12.5 Å². The average Bonchev–Trinajstić information content (AvgIpc) is 2.97. The van der Waals surface area contributed by atoms with E-state index in [1.54, 1.807) is 12.1 Å². The highest BCUT2D eigenvalue weighted by molar-refractivity contribution is 5.92. The van der Waals surface area contributed by atoms with Gasteiger partial charge >= 0.3 is 0 Å². The number of alkyl halides is 2. The molecule has 5 rings (SSSR count). The number of aliphatic hydroxyl groups is 1. The van der Waals surface area contributed by atoms with Gasteiger partial charge in [-0.05, 0) is 44.4 Å². The lowest BCUT2D eigenvalue weighted by molar-refractivity contribution is -0.0556. The Hall–Kier alpha value is -3.00. The first-order valence-corrected chi connectivity index (χ1v) is 11.2. The van der Waals surface area contributed by atoms with Gasteiger partial charge in [-0.15, -0.1) is 0 Å². The minimum Gasteiger partial charge on any atom is -0.489 e. The van der Waals surface area contributed by atoms with Gasteiger partial charge in [0.25, 0.3) is 5.92 Å². The minimum absolute atomic E-state index is 0.101. The van der Waals surface area contributed by atoms with Crippen molar-refractivity contribution < 1.29 is 23.4 Å². The lowest BCUT2D eigenvalue weighted by Gasteiger charge is -2.39. The van der Waals surface area contributed by atoms with E-state index in [1.807, 2.05) is 26.0 Å². The summed E-state index contributed by atoms with van der Waals surface area (Å²) in [5.74, 6) is -0.761. The van der Waals surface area contributed by atoms with Gasteiger partial charge in [0.05, 0.1) is 18.7 Å².